The van der Waals surface area contributed by atoms with Gasteiger partial charge in [-0.1, -0.05) is 0 Å². The Kier molecular flexibility index (Phi) is 3.65. The zero-order valence-corrected chi connectivity index (χ0v) is 10.6. The molecule has 0 unspecified atom stereocenters. The molecule has 0 atom stereocenters. The highest BCUT2D eigenvalue weighted by molar-refractivity contribution is 5.46. The topological polar surface area (TPSA) is 93.8 Å². The highest BCUT2D eigenvalue weighted by atomic mass is 16.6. The van der Waals surface area contributed by atoms with Gasteiger partial charge in [-0.15, -0.1) is 0 Å². The Balaban J connectivity index is 2.48. The maximum atomic E-state index is 11.1. The molecule has 19 heavy (non-hydrogen) atoms. The van der Waals surface area contributed by atoms with E-state index in [2.05, 4.69) is 20.3 Å². The maximum Gasteiger partial charge on any atom is 0.312 e. The summed E-state index contributed by atoms with van der Waals surface area (Å²) in [5, 5.41) is 13.9. The van der Waals surface area contributed by atoms with Gasteiger partial charge in [0.05, 0.1) is 4.92 Å². The molecular formula is C12H13N5O2. The van der Waals surface area contributed by atoms with Gasteiger partial charge in [0.2, 0.25) is 5.95 Å². The van der Waals surface area contributed by atoms with E-state index in [1.165, 1.54) is 0 Å². The molecule has 2 heterocycles. The van der Waals surface area contributed by atoms with Crippen molar-refractivity contribution in [3.63, 3.8) is 0 Å². The highest BCUT2D eigenvalue weighted by Gasteiger charge is 2.21. The molecule has 0 fully saturated rings. The third kappa shape index (κ3) is 2.82. The van der Waals surface area contributed by atoms with Gasteiger partial charge >= 0.3 is 5.69 Å². The van der Waals surface area contributed by atoms with Crippen LogP contribution < -0.4 is 5.32 Å². The number of anilines is 1. The van der Waals surface area contributed by atoms with Crippen LogP contribution in [0.15, 0.2) is 24.5 Å². The van der Waals surface area contributed by atoms with Gasteiger partial charge in [-0.05, 0) is 24.6 Å². The number of nitrogens with zero attached hydrogens (tertiary/aromatic N) is 4. The molecule has 0 saturated carbocycles. The van der Waals surface area contributed by atoms with Crippen LogP contribution in [0.3, 0.4) is 0 Å². The standard InChI is InChI=1S/C12H13N5O2/c1-8-11(17(18)19)10(16-12(13-2)15-8)7-9-3-5-14-6-4-9/h3-6H,7H2,1-2H3,(H,13,15,16). The summed E-state index contributed by atoms with van der Waals surface area (Å²) in [6.07, 6.45) is 3.67. The van der Waals surface area contributed by atoms with E-state index in [1.54, 1.807) is 38.5 Å². The number of hydrogen-bond donors (Lipinski definition) is 1. The second-order valence-electron chi connectivity index (χ2n) is 3.97. The molecule has 0 aliphatic carbocycles. The van der Waals surface area contributed by atoms with Crippen molar-refractivity contribution in [2.75, 3.05) is 12.4 Å². The Hall–Kier alpha value is -2.57. The minimum atomic E-state index is -0.439. The van der Waals surface area contributed by atoms with E-state index < -0.39 is 4.92 Å². The largest absolute Gasteiger partial charge is 0.357 e. The maximum absolute atomic E-state index is 11.1. The Morgan fingerprint density at radius 2 is 2.00 bits per heavy atom. The molecule has 2 rings (SSSR count). The molecule has 0 radical (unpaired) electrons. The van der Waals surface area contributed by atoms with Crippen LogP contribution in [0, 0.1) is 17.0 Å². The van der Waals surface area contributed by atoms with Crippen LogP contribution >= 0.6 is 0 Å². The third-order valence-corrected chi connectivity index (χ3v) is 2.66. The fraction of sp³-hybridized carbons (Fsp3) is 0.250. The van der Waals surface area contributed by atoms with Crippen molar-refractivity contribution in [3.8, 4) is 0 Å². The van der Waals surface area contributed by atoms with Gasteiger partial charge in [0.25, 0.3) is 0 Å². The fourth-order valence-electron chi connectivity index (χ4n) is 1.79. The van der Waals surface area contributed by atoms with Crippen molar-refractivity contribution in [1.29, 1.82) is 0 Å². The first-order chi connectivity index (χ1) is 9.11. The lowest BCUT2D eigenvalue weighted by Crippen LogP contribution is -2.08. The summed E-state index contributed by atoms with van der Waals surface area (Å²) in [6, 6.07) is 3.61. The summed E-state index contributed by atoms with van der Waals surface area (Å²) in [4.78, 5) is 22.8. The molecule has 0 saturated heterocycles. The van der Waals surface area contributed by atoms with E-state index in [0.29, 0.717) is 23.8 Å². The van der Waals surface area contributed by atoms with Gasteiger partial charge in [0.1, 0.15) is 11.4 Å². The van der Waals surface area contributed by atoms with E-state index in [0.717, 1.165) is 5.56 Å². The molecule has 7 heteroatoms. The number of hydrogen-bond acceptors (Lipinski definition) is 6. The van der Waals surface area contributed by atoms with Gasteiger partial charge in [-0.3, -0.25) is 15.1 Å². The molecular weight excluding hydrogens is 246 g/mol. The van der Waals surface area contributed by atoms with Crippen molar-refractivity contribution in [1.82, 2.24) is 15.0 Å². The average molecular weight is 259 g/mol. The normalized spacial score (nSPS) is 10.2. The Labute approximate surface area is 109 Å². The molecule has 1 N–H and O–H groups in total. The van der Waals surface area contributed by atoms with E-state index in [9.17, 15) is 10.1 Å². The van der Waals surface area contributed by atoms with Crippen LogP contribution in [0.1, 0.15) is 17.0 Å². The van der Waals surface area contributed by atoms with E-state index in [4.69, 9.17) is 0 Å². The van der Waals surface area contributed by atoms with Crippen molar-refractivity contribution in [2.24, 2.45) is 0 Å². The van der Waals surface area contributed by atoms with Gasteiger partial charge in [0, 0.05) is 25.9 Å². The first kappa shape index (κ1) is 12.9. The number of aromatic nitrogens is 3. The van der Waals surface area contributed by atoms with E-state index in [-0.39, 0.29) is 5.69 Å². The molecule has 2 aromatic rings. The zero-order valence-electron chi connectivity index (χ0n) is 10.6. The van der Waals surface area contributed by atoms with Gasteiger partial charge < -0.3 is 5.32 Å². The van der Waals surface area contributed by atoms with Crippen LogP contribution in [-0.4, -0.2) is 26.9 Å². The molecule has 0 aliphatic rings. The lowest BCUT2D eigenvalue weighted by molar-refractivity contribution is -0.386. The summed E-state index contributed by atoms with van der Waals surface area (Å²) in [6.45, 7) is 1.61. The van der Waals surface area contributed by atoms with Crippen LogP contribution in [0.5, 0.6) is 0 Å². The molecule has 0 amide bonds. The predicted octanol–water partition coefficient (Wildman–Crippen LogP) is 1.72. The van der Waals surface area contributed by atoms with E-state index in [1.807, 2.05) is 0 Å². The fourth-order valence-corrected chi connectivity index (χ4v) is 1.79. The first-order valence-corrected chi connectivity index (χ1v) is 5.70. The lowest BCUT2D eigenvalue weighted by atomic mass is 10.1. The minimum absolute atomic E-state index is 0.0317. The monoisotopic (exact) mass is 259 g/mol. The van der Waals surface area contributed by atoms with Gasteiger partial charge in [-0.25, -0.2) is 9.97 Å². The molecule has 7 nitrogen and oxygen atoms in total. The van der Waals surface area contributed by atoms with Crippen LogP contribution in [0.2, 0.25) is 0 Å². The number of nitrogens with one attached hydrogen (secondary N) is 1. The summed E-state index contributed by atoms with van der Waals surface area (Å²) in [5.41, 5.74) is 1.63. The molecule has 2 aromatic heterocycles. The zero-order chi connectivity index (χ0) is 13.8. The van der Waals surface area contributed by atoms with Crippen molar-refractivity contribution < 1.29 is 4.92 Å². The summed E-state index contributed by atoms with van der Waals surface area (Å²) in [7, 11) is 1.68. The number of rotatable bonds is 4. The Bertz CT molecular complexity index is 601. The lowest BCUT2D eigenvalue weighted by Gasteiger charge is -2.07. The third-order valence-electron chi connectivity index (χ3n) is 2.66. The molecule has 0 spiro atoms. The second kappa shape index (κ2) is 5.38. The number of pyridine rings is 1. The molecule has 0 bridgehead atoms. The smallest absolute Gasteiger partial charge is 0.312 e. The van der Waals surface area contributed by atoms with Crippen molar-refractivity contribution in [2.45, 2.75) is 13.3 Å². The van der Waals surface area contributed by atoms with Crippen LogP contribution in [-0.2, 0) is 6.42 Å². The summed E-state index contributed by atoms with van der Waals surface area (Å²) < 4.78 is 0. The molecule has 0 aromatic carbocycles. The number of aryl methyl sites for hydroxylation is 1. The molecule has 98 valence electrons. The average Bonchev–Trinajstić information content (AvgIpc) is 2.38. The first-order valence-electron chi connectivity index (χ1n) is 5.70. The SMILES string of the molecule is CNc1nc(C)c([N+](=O)[O-])c(Cc2ccncc2)n1. The highest BCUT2D eigenvalue weighted by Crippen LogP contribution is 2.24. The van der Waals surface area contributed by atoms with E-state index >= 15 is 0 Å². The number of nitro groups is 1. The molecule has 0 aliphatic heterocycles. The van der Waals surface area contributed by atoms with Crippen molar-refractivity contribution in [3.05, 3.63) is 51.6 Å². The van der Waals surface area contributed by atoms with Gasteiger partial charge in [0.15, 0.2) is 0 Å². The second-order valence-corrected chi connectivity index (χ2v) is 3.97. The summed E-state index contributed by atoms with van der Waals surface area (Å²) in [5.74, 6) is 0.382. The Morgan fingerprint density at radius 3 is 2.58 bits per heavy atom. The van der Waals surface area contributed by atoms with Crippen molar-refractivity contribution >= 4 is 11.6 Å². The van der Waals surface area contributed by atoms with Crippen LogP contribution in [0.25, 0.3) is 0 Å². The minimum Gasteiger partial charge on any atom is -0.357 e. The van der Waals surface area contributed by atoms with Crippen LogP contribution in [0.4, 0.5) is 11.6 Å². The quantitative estimate of drug-likeness (QED) is 0.663. The Morgan fingerprint density at radius 1 is 1.32 bits per heavy atom. The summed E-state index contributed by atoms with van der Waals surface area (Å²) >= 11 is 0. The predicted molar refractivity (Wildman–Crippen MR) is 70.0 cm³/mol. The van der Waals surface area contributed by atoms with Gasteiger partial charge in [-0.2, -0.15) is 0 Å².